The van der Waals surface area contributed by atoms with Gasteiger partial charge in [0.2, 0.25) is 0 Å². The molecule has 136 valence electrons. The highest BCUT2D eigenvalue weighted by molar-refractivity contribution is 6.62. The van der Waals surface area contributed by atoms with Gasteiger partial charge in [-0.15, -0.1) is 0 Å². The molecule has 2 aromatic rings. The molecule has 0 aromatic heterocycles. The smallest absolute Gasteiger partial charge is 0.407 e. The monoisotopic (exact) mass is 352 g/mol. The fourth-order valence-electron chi connectivity index (χ4n) is 3.35. The number of hydrogen-bond acceptors (Lipinski definition) is 4. The van der Waals surface area contributed by atoms with Crippen molar-refractivity contribution in [2.45, 2.75) is 27.7 Å². The maximum Gasteiger partial charge on any atom is 0.493 e. The summed E-state index contributed by atoms with van der Waals surface area (Å²) in [6, 6.07) is 12.7. The van der Waals surface area contributed by atoms with Crippen molar-refractivity contribution >= 4 is 35.9 Å². The van der Waals surface area contributed by atoms with Crippen molar-refractivity contribution in [2.24, 2.45) is 10.8 Å². The lowest BCUT2D eigenvalue weighted by Gasteiger charge is -2.33. The zero-order valence-corrected chi connectivity index (χ0v) is 16.1. The van der Waals surface area contributed by atoms with E-state index in [0.29, 0.717) is 26.4 Å². The van der Waals surface area contributed by atoms with E-state index < -0.39 is 0 Å². The first kappa shape index (κ1) is 18.1. The van der Waals surface area contributed by atoms with E-state index in [2.05, 4.69) is 64.1 Å². The topological polar surface area (TPSA) is 36.9 Å². The summed E-state index contributed by atoms with van der Waals surface area (Å²) in [6.07, 6.45) is 0. The minimum atomic E-state index is -0.278. The van der Waals surface area contributed by atoms with Crippen LogP contribution in [-0.2, 0) is 18.6 Å². The van der Waals surface area contributed by atoms with Gasteiger partial charge in [0.05, 0.1) is 0 Å². The Labute approximate surface area is 156 Å². The number of hydrogen-bond donors (Lipinski definition) is 0. The van der Waals surface area contributed by atoms with Crippen LogP contribution < -0.4 is 10.9 Å². The molecule has 0 bridgehead atoms. The first-order chi connectivity index (χ1) is 12.3. The lowest BCUT2D eigenvalue weighted by molar-refractivity contribution is 0.0342. The standard InChI is InChI=1S/C20H26B2O4/c1-19(2)11-23-21(24-12-19)17-7-5-16-10-18(8-6-15(16)9-17)22-25-13-20(3,4)14-26-22/h5-10H,11-14H2,1-4H3. The third-order valence-electron chi connectivity index (χ3n) is 4.93. The van der Waals surface area contributed by atoms with E-state index in [1.807, 2.05) is 0 Å². The van der Waals surface area contributed by atoms with Gasteiger partial charge in [-0.3, -0.25) is 0 Å². The van der Waals surface area contributed by atoms with Crippen molar-refractivity contribution < 1.29 is 18.6 Å². The molecule has 4 nitrogen and oxygen atoms in total. The summed E-state index contributed by atoms with van der Waals surface area (Å²) < 4.78 is 23.6. The van der Waals surface area contributed by atoms with Crippen LogP contribution in [0.3, 0.4) is 0 Å². The normalized spacial score (nSPS) is 22.6. The molecule has 0 aliphatic carbocycles. The van der Waals surface area contributed by atoms with Crippen LogP contribution in [0, 0.1) is 10.8 Å². The second-order valence-electron chi connectivity index (χ2n) is 9.10. The molecule has 0 saturated carbocycles. The molecule has 6 heteroatoms. The van der Waals surface area contributed by atoms with Crippen molar-refractivity contribution in [2.75, 3.05) is 26.4 Å². The fraction of sp³-hybridized carbons (Fsp3) is 0.500. The maximum absolute atomic E-state index is 5.90. The van der Waals surface area contributed by atoms with E-state index in [4.69, 9.17) is 18.6 Å². The van der Waals surface area contributed by atoms with Crippen LogP contribution in [0.4, 0.5) is 0 Å². The fourth-order valence-corrected chi connectivity index (χ4v) is 3.35. The average Bonchev–Trinajstić information content (AvgIpc) is 2.61. The van der Waals surface area contributed by atoms with Crippen molar-refractivity contribution in [3.05, 3.63) is 36.4 Å². The Morgan fingerprint density at radius 2 is 0.962 bits per heavy atom. The highest BCUT2D eigenvalue weighted by Crippen LogP contribution is 2.23. The first-order valence-electron chi connectivity index (χ1n) is 9.32. The van der Waals surface area contributed by atoms with E-state index in [0.717, 1.165) is 10.9 Å². The van der Waals surface area contributed by atoms with Gasteiger partial charge < -0.3 is 18.6 Å². The summed E-state index contributed by atoms with van der Waals surface area (Å²) in [5.41, 5.74) is 2.29. The van der Waals surface area contributed by atoms with Crippen LogP contribution in [0.2, 0.25) is 0 Å². The molecule has 2 aliphatic heterocycles. The zero-order chi connectivity index (χ0) is 18.4. The van der Waals surface area contributed by atoms with E-state index in [1.165, 1.54) is 10.8 Å². The molecule has 2 aliphatic rings. The number of rotatable bonds is 2. The molecular formula is C20H26B2O4. The van der Waals surface area contributed by atoms with Crippen molar-refractivity contribution in [3.63, 3.8) is 0 Å². The van der Waals surface area contributed by atoms with E-state index in [1.54, 1.807) is 0 Å². The van der Waals surface area contributed by atoms with Crippen LogP contribution in [-0.4, -0.2) is 40.7 Å². The molecule has 0 atom stereocenters. The summed E-state index contributed by atoms with van der Waals surface area (Å²) >= 11 is 0. The van der Waals surface area contributed by atoms with Crippen molar-refractivity contribution in [1.29, 1.82) is 0 Å². The molecule has 0 spiro atoms. The second-order valence-corrected chi connectivity index (χ2v) is 9.10. The molecule has 2 aromatic carbocycles. The molecule has 2 heterocycles. The van der Waals surface area contributed by atoms with Gasteiger partial charge in [-0.2, -0.15) is 0 Å². The van der Waals surface area contributed by atoms with E-state index in [9.17, 15) is 0 Å². The van der Waals surface area contributed by atoms with Gasteiger partial charge in [0, 0.05) is 37.3 Å². The number of fused-ring (bicyclic) bond motifs is 1. The summed E-state index contributed by atoms with van der Waals surface area (Å²) in [4.78, 5) is 0. The Balaban J connectivity index is 1.52. The largest absolute Gasteiger partial charge is 0.493 e. The highest BCUT2D eigenvalue weighted by Gasteiger charge is 2.34. The first-order valence-corrected chi connectivity index (χ1v) is 9.32. The minimum absolute atomic E-state index is 0.0802. The van der Waals surface area contributed by atoms with Gasteiger partial charge in [-0.1, -0.05) is 64.1 Å². The van der Waals surface area contributed by atoms with Gasteiger partial charge in [0.25, 0.3) is 0 Å². The highest BCUT2D eigenvalue weighted by atomic mass is 16.6. The van der Waals surface area contributed by atoms with E-state index in [-0.39, 0.29) is 25.1 Å². The molecule has 2 saturated heterocycles. The van der Waals surface area contributed by atoms with Crippen LogP contribution in [0.1, 0.15) is 27.7 Å². The maximum atomic E-state index is 5.90. The van der Waals surface area contributed by atoms with Gasteiger partial charge in [0.1, 0.15) is 0 Å². The Kier molecular flexibility index (Phi) is 4.64. The summed E-state index contributed by atoms with van der Waals surface area (Å²) in [6.45, 7) is 11.5. The molecule has 26 heavy (non-hydrogen) atoms. The van der Waals surface area contributed by atoms with Crippen molar-refractivity contribution in [1.82, 2.24) is 0 Å². The zero-order valence-electron chi connectivity index (χ0n) is 16.1. The van der Waals surface area contributed by atoms with Crippen molar-refractivity contribution in [3.8, 4) is 0 Å². The Hall–Kier alpha value is -1.33. The molecule has 0 N–H and O–H groups in total. The van der Waals surface area contributed by atoms with Crippen LogP contribution in [0.25, 0.3) is 10.8 Å². The number of benzene rings is 2. The summed E-state index contributed by atoms with van der Waals surface area (Å²) in [5.74, 6) is 0. The third kappa shape index (κ3) is 3.84. The Morgan fingerprint density at radius 1 is 0.615 bits per heavy atom. The molecule has 4 rings (SSSR count). The minimum Gasteiger partial charge on any atom is -0.407 e. The van der Waals surface area contributed by atoms with Crippen LogP contribution in [0.15, 0.2) is 36.4 Å². The molecule has 0 unspecified atom stereocenters. The quantitative estimate of drug-likeness (QED) is 0.778. The lowest BCUT2D eigenvalue weighted by atomic mass is 9.73. The van der Waals surface area contributed by atoms with E-state index >= 15 is 0 Å². The summed E-state index contributed by atoms with van der Waals surface area (Å²) in [7, 11) is -0.557. The lowest BCUT2D eigenvalue weighted by Crippen LogP contribution is -2.47. The van der Waals surface area contributed by atoms with Gasteiger partial charge in [0.15, 0.2) is 0 Å². The molecule has 0 radical (unpaired) electrons. The average molecular weight is 352 g/mol. The second kappa shape index (κ2) is 6.68. The van der Waals surface area contributed by atoms with Gasteiger partial charge >= 0.3 is 14.2 Å². The van der Waals surface area contributed by atoms with Gasteiger partial charge in [-0.25, -0.2) is 0 Å². The Morgan fingerprint density at radius 3 is 1.31 bits per heavy atom. The van der Waals surface area contributed by atoms with Crippen LogP contribution >= 0.6 is 0 Å². The third-order valence-corrected chi connectivity index (χ3v) is 4.93. The molecular weight excluding hydrogens is 326 g/mol. The van der Waals surface area contributed by atoms with Crippen LogP contribution in [0.5, 0.6) is 0 Å². The SMILES string of the molecule is CC1(C)COB(c2ccc3cc(B4OCC(C)(C)CO4)ccc3c2)OC1. The predicted octanol–water partition coefficient (Wildman–Crippen LogP) is 2.38. The van der Waals surface area contributed by atoms with Gasteiger partial charge in [-0.05, 0) is 21.7 Å². The predicted molar refractivity (Wildman–Crippen MR) is 106 cm³/mol. The molecule has 0 amide bonds. The molecule has 2 fully saturated rings. The Bertz CT molecular complexity index is 718. The summed E-state index contributed by atoms with van der Waals surface area (Å²) in [5, 5.41) is 2.33.